The molecular weight excluding hydrogens is 465 g/mol. The van der Waals surface area contributed by atoms with Crippen molar-refractivity contribution in [3.8, 4) is 22.8 Å². The number of carbonyl (C=O) groups excluding carboxylic acids is 1. The second-order valence-electron chi connectivity index (χ2n) is 8.05. The van der Waals surface area contributed by atoms with Gasteiger partial charge in [-0.25, -0.2) is 14.8 Å². The van der Waals surface area contributed by atoms with Gasteiger partial charge in [-0.3, -0.25) is 0 Å². The zero-order valence-electron chi connectivity index (χ0n) is 19.3. The maximum Gasteiger partial charge on any atom is 0.407 e. The van der Waals surface area contributed by atoms with E-state index in [1.165, 1.54) is 36.3 Å². The summed E-state index contributed by atoms with van der Waals surface area (Å²) < 4.78 is 31.7. The third-order valence-electron chi connectivity index (χ3n) is 4.63. The van der Waals surface area contributed by atoms with Crippen LogP contribution < -0.4 is 14.8 Å². The Kier molecular flexibility index (Phi) is 7.80. The lowest BCUT2D eigenvalue weighted by Gasteiger charge is -2.28. The number of nitrogens with zero attached hydrogens (tertiary/aromatic N) is 2. The Bertz CT molecular complexity index is 1130. The molecule has 176 valence electrons. The lowest BCUT2D eigenvalue weighted by Crippen LogP contribution is -2.28. The normalized spacial score (nSPS) is 12.2. The van der Waals surface area contributed by atoms with Gasteiger partial charge in [0.1, 0.15) is 10.7 Å². The summed E-state index contributed by atoms with van der Waals surface area (Å²) in [5.41, 5.74) is 0.270. The molecule has 0 saturated heterocycles. The molecule has 1 aromatic carbocycles. The molecule has 1 N–H and O–H groups in total. The van der Waals surface area contributed by atoms with E-state index in [0.717, 1.165) is 9.10 Å². The molecule has 1 atom stereocenters. The molecule has 0 saturated carbocycles. The Hall–Kier alpha value is -2.85. The van der Waals surface area contributed by atoms with Crippen LogP contribution in [0, 0.1) is 11.4 Å². The van der Waals surface area contributed by atoms with E-state index in [2.05, 4.69) is 10.3 Å². The van der Waals surface area contributed by atoms with Crippen molar-refractivity contribution in [3.63, 3.8) is 0 Å². The molecule has 0 aliphatic rings. The monoisotopic (exact) mass is 491 g/mol. The zero-order chi connectivity index (χ0) is 24.2. The molecular formula is C23H26FN3O4S2. The Balaban J connectivity index is 2.11. The van der Waals surface area contributed by atoms with Gasteiger partial charge < -0.3 is 19.5 Å². The van der Waals surface area contributed by atoms with Gasteiger partial charge in [0.15, 0.2) is 17.6 Å². The number of benzene rings is 1. The van der Waals surface area contributed by atoms with Crippen molar-refractivity contribution in [2.24, 2.45) is 5.41 Å². The summed E-state index contributed by atoms with van der Waals surface area (Å²) in [6.07, 6.45) is 0.189. The zero-order valence-corrected chi connectivity index (χ0v) is 20.9. The maximum absolute atomic E-state index is 14.6. The highest BCUT2D eigenvalue weighted by Gasteiger charge is 2.34. The number of halogens is 1. The first-order valence-electron chi connectivity index (χ1n) is 10.1. The number of nitrogens with one attached hydrogen (secondary N) is 1. The number of hydrogen-bond donors (Lipinski definition) is 1. The van der Waals surface area contributed by atoms with E-state index in [-0.39, 0.29) is 5.56 Å². The van der Waals surface area contributed by atoms with Crippen LogP contribution in [-0.4, -0.2) is 37.3 Å². The number of thiazole rings is 1. The summed E-state index contributed by atoms with van der Waals surface area (Å²) in [5.74, 6) is 0.567. The first-order valence-corrected chi connectivity index (χ1v) is 11.7. The van der Waals surface area contributed by atoms with Gasteiger partial charge >= 0.3 is 6.09 Å². The smallest absolute Gasteiger partial charge is 0.407 e. The van der Waals surface area contributed by atoms with Crippen LogP contribution in [-0.2, 0) is 4.74 Å². The molecule has 0 aliphatic carbocycles. The molecule has 0 fully saturated rings. The van der Waals surface area contributed by atoms with Crippen molar-refractivity contribution in [1.29, 1.82) is 0 Å². The number of hydrogen-bond acceptors (Lipinski definition) is 8. The average Bonchev–Trinajstić information content (AvgIpc) is 3.19. The highest BCUT2D eigenvalue weighted by atomic mass is 32.2. The molecule has 1 amide bonds. The summed E-state index contributed by atoms with van der Waals surface area (Å²) >= 11 is 2.76. The maximum atomic E-state index is 14.6. The Morgan fingerprint density at radius 1 is 1.18 bits per heavy atom. The van der Waals surface area contributed by atoms with Gasteiger partial charge in [0.2, 0.25) is 5.95 Å². The van der Waals surface area contributed by atoms with Crippen molar-refractivity contribution >= 4 is 29.2 Å². The standard InChI is InChI=1S/C23H26FN3O4S2/c1-23(2,3)18(31-22(28)25-4)20-27-17(14-8-7-11-26-19(14)24)21(33-20)32-13-9-10-15(29-5)16(12-13)30-6/h7-12,18H,1-6H3,(H,25,28). The lowest BCUT2D eigenvalue weighted by atomic mass is 9.89. The molecule has 0 aliphatic heterocycles. The van der Waals surface area contributed by atoms with Gasteiger partial charge in [-0.05, 0) is 30.3 Å². The molecule has 10 heteroatoms. The number of methoxy groups -OCH3 is 2. The second-order valence-corrected chi connectivity index (χ2v) is 10.4. The fraction of sp³-hybridized carbons (Fsp3) is 0.348. The number of alkyl carbamates (subject to hydrolysis) is 1. The van der Waals surface area contributed by atoms with E-state index >= 15 is 0 Å². The SMILES string of the molecule is CNC(=O)OC(c1nc(-c2cccnc2F)c(Sc2ccc(OC)c(OC)c2)s1)C(C)(C)C. The Morgan fingerprint density at radius 3 is 2.52 bits per heavy atom. The quantitative estimate of drug-likeness (QED) is 0.409. The third-order valence-corrected chi connectivity index (χ3v) is 6.89. The predicted molar refractivity (Wildman–Crippen MR) is 127 cm³/mol. The van der Waals surface area contributed by atoms with Crippen LogP contribution >= 0.6 is 23.1 Å². The number of aromatic nitrogens is 2. The minimum Gasteiger partial charge on any atom is -0.493 e. The molecule has 0 bridgehead atoms. The second kappa shape index (κ2) is 10.4. The van der Waals surface area contributed by atoms with Gasteiger partial charge in [0, 0.05) is 23.6 Å². The summed E-state index contributed by atoms with van der Waals surface area (Å²) in [7, 11) is 4.64. The van der Waals surface area contributed by atoms with Gasteiger partial charge in [-0.15, -0.1) is 11.3 Å². The fourth-order valence-electron chi connectivity index (χ4n) is 2.99. The van der Waals surface area contributed by atoms with E-state index < -0.39 is 23.6 Å². The number of carbonyl (C=O) groups is 1. The largest absolute Gasteiger partial charge is 0.493 e. The Labute approximate surface area is 200 Å². The summed E-state index contributed by atoms with van der Waals surface area (Å²) in [5, 5.41) is 3.04. The number of rotatable bonds is 7. The number of ether oxygens (including phenoxy) is 3. The van der Waals surface area contributed by atoms with Crippen LogP contribution in [0.3, 0.4) is 0 Å². The van der Waals surface area contributed by atoms with Crippen molar-refractivity contribution < 1.29 is 23.4 Å². The summed E-state index contributed by atoms with van der Waals surface area (Å²) in [4.78, 5) is 21.4. The van der Waals surface area contributed by atoms with Gasteiger partial charge in [-0.1, -0.05) is 32.5 Å². The summed E-state index contributed by atoms with van der Waals surface area (Å²) in [6.45, 7) is 5.86. The van der Waals surface area contributed by atoms with Crippen LogP contribution in [0.15, 0.2) is 45.6 Å². The minimum absolute atomic E-state index is 0.274. The molecule has 0 radical (unpaired) electrons. The molecule has 3 aromatic rings. The fourth-order valence-corrected chi connectivity index (χ4v) is 5.55. The van der Waals surface area contributed by atoms with Crippen LogP contribution in [0.2, 0.25) is 0 Å². The van der Waals surface area contributed by atoms with Gasteiger partial charge in [-0.2, -0.15) is 4.39 Å². The van der Waals surface area contributed by atoms with Crippen molar-refractivity contribution in [1.82, 2.24) is 15.3 Å². The van der Waals surface area contributed by atoms with E-state index in [4.69, 9.17) is 19.2 Å². The summed E-state index contributed by atoms with van der Waals surface area (Å²) in [6, 6.07) is 8.82. The molecule has 0 spiro atoms. The highest BCUT2D eigenvalue weighted by Crippen LogP contribution is 2.47. The average molecular weight is 492 g/mol. The molecule has 33 heavy (non-hydrogen) atoms. The lowest BCUT2D eigenvalue weighted by molar-refractivity contribution is 0.0313. The molecule has 7 nitrogen and oxygen atoms in total. The number of amides is 1. The van der Waals surface area contributed by atoms with Crippen molar-refractivity contribution in [3.05, 3.63) is 47.5 Å². The highest BCUT2D eigenvalue weighted by molar-refractivity contribution is 8.01. The number of pyridine rings is 1. The molecule has 1 unspecified atom stereocenters. The van der Waals surface area contributed by atoms with Crippen LogP contribution in [0.5, 0.6) is 11.5 Å². The van der Waals surface area contributed by atoms with Crippen LogP contribution in [0.25, 0.3) is 11.3 Å². The predicted octanol–water partition coefficient (Wildman–Crippen LogP) is 5.96. The van der Waals surface area contributed by atoms with Crippen molar-refractivity contribution in [2.75, 3.05) is 21.3 Å². The Morgan fingerprint density at radius 2 is 1.91 bits per heavy atom. The van der Waals surface area contributed by atoms with Gasteiger partial charge in [0.25, 0.3) is 0 Å². The van der Waals surface area contributed by atoms with Crippen LogP contribution in [0.1, 0.15) is 31.9 Å². The minimum atomic E-state index is -0.638. The molecule has 3 rings (SSSR count). The van der Waals surface area contributed by atoms with E-state index in [9.17, 15) is 9.18 Å². The molecule has 2 aromatic heterocycles. The topological polar surface area (TPSA) is 82.6 Å². The van der Waals surface area contributed by atoms with E-state index in [1.54, 1.807) is 32.4 Å². The van der Waals surface area contributed by atoms with E-state index in [1.807, 2.05) is 32.9 Å². The third kappa shape index (κ3) is 5.75. The van der Waals surface area contributed by atoms with Crippen molar-refractivity contribution in [2.45, 2.75) is 36.0 Å². The van der Waals surface area contributed by atoms with Crippen LogP contribution in [0.4, 0.5) is 9.18 Å². The van der Waals surface area contributed by atoms with Gasteiger partial charge in [0.05, 0.1) is 24.0 Å². The first kappa shape index (κ1) is 24.8. The molecule has 2 heterocycles. The first-order chi connectivity index (χ1) is 15.7. The van der Waals surface area contributed by atoms with E-state index in [0.29, 0.717) is 22.2 Å².